The molecule has 7 rings (SSSR count). The van der Waals surface area contributed by atoms with Crippen molar-refractivity contribution in [2.75, 3.05) is 19.6 Å². The number of fused-ring (bicyclic) bond motifs is 3. The number of rotatable bonds is 9. The Labute approximate surface area is 297 Å². The summed E-state index contributed by atoms with van der Waals surface area (Å²) in [5, 5.41) is -0.289. The van der Waals surface area contributed by atoms with Gasteiger partial charge in [-0.2, -0.15) is 0 Å². The van der Waals surface area contributed by atoms with Crippen molar-refractivity contribution in [1.29, 1.82) is 0 Å². The van der Waals surface area contributed by atoms with Gasteiger partial charge in [-0.1, -0.05) is 35.9 Å². The Morgan fingerprint density at radius 2 is 1.70 bits per heavy atom. The summed E-state index contributed by atoms with van der Waals surface area (Å²) in [6, 6.07) is 17.9. The van der Waals surface area contributed by atoms with E-state index in [4.69, 9.17) is 16.6 Å². The van der Waals surface area contributed by atoms with Crippen molar-refractivity contribution in [2.24, 2.45) is 0 Å². The summed E-state index contributed by atoms with van der Waals surface area (Å²) in [4.78, 5) is 22.5. The van der Waals surface area contributed by atoms with Gasteiger partial charge in [0.15, 0.2) is 0 Å². The van der Waals surface area contributed by atoms with Crippen LogP contribution in [0.25, 0.3) is 11.0 Å². The van der Waals surface area contributed by atoms with Gasteiger partial charge in [-0.05, 0) is 120 Å². The normalized spacial score (nSPS) is 22.5. The second-order valence-corrected chi connectivity index (χ2v) is 16.7. The number of hydrogen-bond acceptors (Lipinski definition) is 5. The van der Waals surface area contributed by atoms with E-state index in [-0.39, 0.29) is 26.7 Å². The zero-order chi connectivity index (χ0) is 35.4. The first kappa shape index (κ1) is 35.0. The van der Waals surface area contributed by atoms with Gasteiger partial charge in [0.05, 0.1) is 21.6 Å². The van der Waals surface area contributed by atoms with Crippen molar-refractivity contribution in [2.45, 2.75) is 100 Å². The molecule has 3 saturated heterocycles. The molecule has 3 aromatic carbocycles. The van der Waals surface area contributed by atoms with Crippen molar-refractivity contribution in [3.05, 3.63) is 94.3 Å². The molecule has 0 radical (unpaired) electrons. The lowest BCUT2D eigenvalue weighted by Gasteiger charge is -2.45. The number of halogens is 3. The van der Waals surface area contributed by atoms with Gasteiger partial charge in [-0.3, -0.25) is 9.69 Å². The number of likely N-dealkylation sites (tertiary alicyclic amines) is 1. The molecule has 2 atom stereocenters. The number of carbonyl (C=O) groups excluding carboxylic acids is 1. The van der Waals surface area contributed by atoms with Gasteiger partial charge >= 0.3 is 0 Å². The van der Waals surface area contributed by atoms with Crippen molar-refractivity contribution in [3.63, 3.8) is 0 Å². The summed E-state index contributed by atoms with van der Waals surface area (Å²) < 4.78 is 60.5. The van der Waals surface area contributed by atoms with Gasteiger partial charge in [0, 0.05) is 37.3 Å². The molecule has 0 spiro atoms. The maximum absolute atomic E-state index is 15.2. The Balaban J connectivity index is 1.08. The zero-order valence-corrected chi connectivity index (χ0v) is 30.3. The fraction of sp³-hybridized carbons (Fsp3) is 0.474. The molecule has 50 heavy (non-hydrogen) atoms. The SMILES string of the molecule is Cc1nc2ccccc2n1C1CC2CCC(C1)N2CCC1(c2cccc(F)c2)CCN(C(=O)c2cc(S(=O)(=O)NC(C)C)c(Cl)cc2F)CC1. The van der Waals surface area contributed by atoms with Gasteiger partial charge in [-0.25, -0.2) is 26.9 Å². The van der Waals surface area contributed by atoms with Crippen LogP contribution in [0.15, 0.2) is 65.6 Å². The van der Waals surface area contributed by atoms with E-state index in [0.717, 1.165) is 67.7 Å². The number of carbonyl (C=O) groups is 1. The van der Waals surface area contributed by atoms with E-state index in [2.05, 4.69) is 39.3 Å². The molecule has 1 aromatic heterocycles. The third-order valence-electron chi connectivity index (χ3n) is 11.2. The lowest BCUT2D eigenvalue weighted by molar-refractivity contribution is 0.0602. The molecule has 266 valence electrons. The summed E-state index contributed by atoms with van der Waals surface area (Å²) in [5.41, 5.74) is 2.43. The molecule has 12 heteroatoms. The molecule has 3 fully saturated rings. The molecule has 1 N–H and O–H groups in total. The number of aryl methyl sites for hydroxylation is 1. The predicted molar refractivity (Wildman–Crippen MR) is 191 cm³/mol. The first-order valence-electron chi connectivity index (χ1n) is 17.6. The second kappa shape index (κ2) is 13.6. The highest BCUT2D eigenvalue weighted by Gasteiger charge is 2.44. The maximum atomic E-state index is 15.2. The smallest absolute Gasteiger partial charge is 0.256 e. The molecular formula is C38H44ClF2N5O3S. The Hall–Kier alpha value is -3.38. The summed E-state index contributed by atoms with van der Waals surface area (Å²) in [6.07, 6.45) is 6.38. The number of nitrogens with one attached hydrogen (secondary N) is 1. The van der Waals surface area contributed by atoms with Crippen LogP contribution in [0.4, 0.5) is 8.78 Å². The molecular weight excluding hydrogens is 680 g/mol. The number of nitrogens with zero attached hydrogens (tertiary/aromatic N) is 4. The maximum Gasteiger partial charge on any atom is 0.256 e. The van der Waals surface area contributed by atoms with E-state index < -0.39 is 27.8 Å². The van der Waals surface area contributed by atoms with Crippen LogP contribution < -0.4 is 4.72 Å². The van der Waals surface area contributed by atoms with Crippen LogP contribution in [0.5, 0.6) is 0 Å². The second-order valence-electron chi connectivity index (χ2n) is 14.6. The molecule has 3 aliphatic rings. The Morgan fingerprint density at radius 3 is 2.38 bits per heavy atom. The molecule has 0 saturated carbocycles. The molecule has 1 amide bonds. The Morgan fingerprint density at radius 1 is 1.00 bits per heavy atom. The zero-order valence-electron chi connectivity index (χ0n) is 28.7. The van der Waals surface area contributed by atoms with Gasteiger partial charge in [0.2, 0.25) is 10.0 Å². The third-order valence-corrected chi connectivity index (χ3v) is 13.3. The minimum atomic E-state index is -4.07. The third kappa shape index (κ3) is 6.58. The van der Waals surface area contributed by atoms with Crippen LogP contribution in [0.3, 0.4) is 0 Å². The molecule has 3 aliphatic heterocycles. The van der Waals surface area contributed by atoms with E-state index in [9.17, 15) is 17.6 Å². The first-order chi connectivity index (χ1) is 23.8. The lowest BCUT2D eigenvalue weighted by atomic mass is 9.70. The largest absolute Gasteiger partial charge is 0.338 e. The van der Waals surface area contributed by atoms with Crippen LogP contribution in [0.2, 0.25) is 5.02 Å². The predicted octanol–water partition coefficient (Wildman–Crippen LogP) is 7.40. The fourth-order valence-corrected chi connectivity index (χ4v) is 10.7. The van der Waals surface area contributed by atoms with E-state index in [0.29, 0.717) is 44.1 Å². The summed E-state index contributed by atoms with van der Waals surface area (Å²) in [5.74, 6) is -0.700. The number of imidazole rings is 1. The monoisotopic (exact) mass is 723 g/mol. The van der Waals surface area contributed by atoms with E-state index >= 15 is 4.39 Å². The first-order valence-corrected chi connectivity index (χ1v) is 19.5. The average molecular weight is 724 g/mol. The van der Waals surface area contributed by atoms with Gasteiger partial charge in [0.25, 0.3) is 5.91 Å². The highest BCUT2D eigenvalue weighted by molar-refractivity contribution is 7.89. The van der Waals surface area contributed by atoms with Crippen molar-refractivity contribution >= 4 is 38.6 Å². The average Bonchev–Trinajstić information content (AvgIpc) is 3.53. The number of aromatic nitrogens is 2. The summed E-state index contributed by atoms with van der Waals surface area (Å²) in [6.45, 7) is 6.94. The molecule has 4 aromatic rings. The van der Waals surface area contributed by atoms with Crippen LogP contribution >= 0.6 is 11.6 Å². The number of piperidine rings is 2. The van der Waals surface area contributed by atoms with Crippen LogP contribution in [0, 0.1) is 18.6 Å². The van der Waals surface area contributed by atoms with Crippen molar-refractivity contribution < 1.29 is 22.0 Å². The van der Waals surface area contributed by atoms with Gasteiger partial charge in [0.1, 0.15) is 22.4 Å². The van der Waals surface area contributed by atoms with E-state index in [1.165, 1.54) is 11.6 Å². The topological polar surface area (TPSA) is 87.5 Å². The standard InChI is InChI=1S/C38H44ClF2N5O3S/c1-24(2)43-50(48,49)36-22-31(33(41)23-32(36)39)37(47)44-16-13-38(14-17-44,26-7-6-8-27(40)19-26)15-18-45-28-11-12-29(45)21-30(20-28)46-25(3)42-34-9-4-5-10-35(34)46/h4-10,19,22-24,28-30,43H,11-18,20-21H2,1-3H3. The highest BCUT2D eigenvalue weighted by atomic mass is 35.5. The van der Waals surface area contributed by atoms with Crippen LogP contribution in [-0.2, 0) is 15.4 Å². The minimum Gasteiger partial charge on any atom is -0.338 e. The van der Waals surface area contributed by atoms with E-state index in [1.54, 1.807) is 30.9 Å². The molecule has 0 aliphatic carbocycles. The Bertz CT molecular complexity index is 2010. The molecule has 2 bridgehead atoms. The quantitative estimate of drug-likeness (QED) is 0.195. The fourth-order valence-electron chi connectivity index (χ4n) is 8.87. The van der Waals surface area contributed by atoms with Crippen LogP contribution in [-0.4, -0.2) is 71.4 Å². The van der Waals surface area contributed by atoms with Gasteiger partial charge < -0.3 is 9.47 Å². The number of hydrogen-bond donors (Lipinski definition) is 1. The lowest BCUT2D eigenvalue weighted by Crippen LogP contribution is -2.49. The number of para-hydroxylation sites is 2. The number of amides is 1. The number of sulfonamides is 1. The molecule has 2 unspecified atom stereocenters. The van der Waals surface area contributed by atoms with Crippen LogP contribution in [0.1, 0.15) is 86.6 Å². The summed E-state index contributed by atoms with van der Waals surface area (Å²) in [7, 11) is -4.07. The van der Waals surface area contributed by atoms with E-state index in [1.807, 2.05) is 12.1 Å². The van der Waals surface area contributed by atoms with Crippen molar-refractivity contribution in [3.8, 4) is 0 Å². The van der Waals surface area contributed by atoms with Gasteiger partial charge in [-0.15, -0.1) is 0 Å². The minimum absolute atomic E-state index is 0.289. The molecule has 8 nitrogen and oxygen atoms in total. The number of benzene rings is 3. The Kier molecular flexibility index (Phi) is 9.56. The molecule has 4 heterocycles. The highest BCUT2D eigenvalue weighted by Crippen LogP contribution is 2.45. The van der Waals surface area contributed by atoms with Crippen molar-refractivity contribution in [1.82, 2.24) is 24.1 Å². The summed E-state index contributed by atoms with van der Waals surface area (Å²) >= 11 is 6.14.